The lowest BCUT2D eigenvalue weighted by Gasteiger charge is -2.45. The number of ketones is 2. The predicted molar refractivity (Wildman–Crippen MR) is 132 cm³/mol. The fourth-order valence-corrected chi connectivity index (χ4v) is 4.95. The van der Waals surface area contributed by atoms with Gasteiger partial charge in [-0.3, -0.25) is 9.59 Å². The van der Waals surface area contributed by atoms with Gasteiger partial charge in [0.15, 0.2) is 11.4 Å². The molecule has 0 radical (unpaired) electrons. The molecule has 11 nitrogen and oxygen atoms in total. The zero-order valence-electron chi connectivity index (χ0n) is 19.2. The number of phenolic OH excluding ortho intramolecular Hbond substituents is 2. The first-order valence-electron chi connectivity index (χ1n) is 10.4. The van der Waals surface area contributed by atoms with Crippen molar-refractivity contribution in [2.45, 2.75) is 38.8 Å². The van der Waals surface area contributed by atoms with Crippen LogP contribution in [-0.4, -0.2) is 55.3 Å². The Hall–Kier alpha value is -3.67. The lowest BCUT2D eigenvalue weighted by Crippen LogP contribution is -2.63. The van der Waals surface area contributed by atoms with Crippen LogP contribution in [0.3, 0.4) is 0 Å². The number of aliphatic hydroxyl groups is 2. The molecule has 0 aromatic heterocycles. The number of carbonyl (C=O) groups excluding carboxylic acids is 2. The normalized spacial score (nSPS) is 24.1. The van der Waals surface area contributed by atoms with Crippen molar-refractivity contribution in [2.24, 2.45) is 33.3 Å². The molecule has 0 saturated carbocycles. The Bertz CT molecular complexity index is 1400. The molecule has 10 N–H and O–H groups in total. The maximum atomic E-state index is 13.7. The van der Waals surface area contributed by atoms with Gasteiger partial charge < -0.3 is 37.6 Å². The number of hydrogen-bond donors (Lipinski definition) is 7. The minimum atomic E-state index is -2.62. The highest BCUT2D eigenvalue weighted by Gasteiger charge is 2.60. The van der Waals surface area contributed by atoms with Crippen molar-refractivity contribution < 1.29 is 30.0 Å². The Balaban J connectivity index is 0.00000342. The quantitative estimate of drug-likeness (QED) is 0.174. The van der Waals surface area contributed by atoms with Crippen LogP contribution >= 0.6 is 12.4 Å². The smallest absolute Gasteiger partial charge is 0.211 e. The highest BCUT2D eigenvalue weighted by Crippen LogP contribution is 2.50. The summed E-state index contributed by atoms with van der Waals surface area (Å²) in [6.45, 7) is 4.65. The average Bonchev–Trinajstić information content (AvgIpc) is 2.78. The van der Waals surface area contributed by atoms with Gasteiger partial charge in [-0.15, -0.1) is 17.5 Å². The number of halogens is 1. The maximum Gasteiger partial charge on any atom is 0.211 e. The molecule has 35 heavy (non-hydrogen) atoms. The second-order valence-corrected chi connectivity index (χ2v) is 8.71. The summed E-state index contributed by atoms with van der Waals surface area (Å²) >= 11 is 0. The lowest BCUT2D eigenvalue weighted by atomic mass is 9.61. The van der Waals surface area contributed by atoms with Crippen molar-refractivity contribution in [1.82, 2.24) is 0 Å². The number of carbonyl (C=O) groups is 2. The van der Waals surface area contributed by atoms with Crippen molar-refractivity contribution >= 4 is 46.4 Å². The standard InChI is InChI=1S/C23H25N5O6.ClH/c1-7-4-5-10-8(2)11-6-12-16(24)19(31)13(9(3)27-28-22(25)26)20(32)23(12,34)21(33)15(11)18(30)14(10)17(7)29;/h4-5,12,16,29-30,32,34H,6,24H2,1-3H3,(H4,25,26,28);1H/b27-9+;/t12-,16+,23+;/m0./s1. The molecule has 2 aliphatic carbocycles. The molecule has 0 bridgehead atoms. The van der Waals surface area contributed by atoms with E-state index in [0.29, 0.717) is 22.1 Å². The van der Waals surface area contributed by atoms with Crippen molar-refractivity contribution in [1.29, 1.82) is 0 Å². The van der Waals surface area contributed by atoms with E-state index in [-0.39, 0.29) is 41.2 Å². The molecule has 0 saturated heterocycles. The molecule has 0 unspecified atom stereocenters. The van der Waals surface area contributed by atoms with Crippen LogP contribution in [-0.2, 0) is 11.2 Å². The van der Waals surface area contributed by atoms with E-state index in [0.717, 1.165) is 0 Å². The van der Waals surface area contributed by atoms with E-state index in [4.69, 9.17) is 17.2 Å². The minimum absolute atomic E-state index is 0. The predicted octanol–water partition coefficient (Wildman–Crippen LogP) is 0.747. The first-order valence-corrected chi connectivity index (χ1v) is 10.4. The van der Waals surface area contributed by atoms with Gasteiger partial charge in [-0.2, -0.15) is 5.10 Å². The molecule has 0 spiro atoms. The number of aromatic hydroxyl groups is 2. The van der Waals surface area contributed by atoms with Gasteiger partial charge in [0.2, 0.25) is 11.7 Å². The monoisotopic (exact) mass is 503 g/mol. The molecule has 4 rings (SSSR count). The summed E-state index contributed by atoms with van der Waals surface area (Å²) in [6.07, 6.45) is -0.0874. The second-order valence-electron chi connectivity index (χ2n) is 8.71. The van der Waals surface area contributed by atoms with E-state index in [1.165, 1.54) is 6.92 Å². The summed E-state index contributed by atoms with van der Waals surface area (Å²) in [5.41, 5.74) is 14.6. The molecular formula is C23H26ClN5O6. The molecule has 186 valence electrons. The van der Waals surface area contributed by atoms with Gasteiger partial charge in [0.05, 0.1) is 28.3 Å². The molecule has 0 fully saturated rings. The summed E-state index contributed by atoms with van der Waals surface area (Å²) in [5, 5.41) is 51.9. The highest BCUT2D eigenvalue weighted by atomic mass is 35.5. The van der Waals surface area contributed by atoms with Crippen molar-refractivity contribution in [3.05, 3.63) is 45.7 Å². The van der Waals surface area contributed by atoms with E-state index in [2.05, 4.69) is 10.2 Å². The zero-order valence-corrected chi connectivity index (χ0v) is 20.0. The van der Waals surface area contributed by atoms with Gasteiger partial charge in [0.1, 0.15) is 17.3 Å². The summed E-state index contributed by atoms with van der Waals surface area (Å²) in [7, 11) is 0. The minimum Gasteiger partial charge on any atom is -0.508 e. The van der Waals surface area contributed by atoms with Crippen LogP contribution in [0.4, 0.5) is 0 Å². The van der Waals surface area contributed by atoms with Crippen LogP contribution in [0.2, 0.25) is 0 Å². The Morgan fingerprint density at radius 2 is 1.71 bits per heavy atom. The van der Waals surface area contributed by atoms with Crippen LogP contribution < -0.4 is 17.2 Å². The number of nitrogens with zero attached hydrogens (tertiary/aromatic N) is 2. The molecular weight excluding hydrogens is 478 g/mol. The molecule has 2 aromatic carbocycles. The maximum absolute atomic E-state index is 13.7. The molecule has 2 aromatic rings. The number of aryl methyl sites for hydroxylation is 2. The van der Waals surface area contributed by atoms with Gasteiger partial charge in [0.25, 0.3) is 0 Å². The van der Waals surface area contributed by atoms with E-state index < -0.39 is 52.2 Å². The first-order chi connectivity index (χ1) is 15.8. The van der Waals surface area contributed by atoms with Gasteiger partial charge in [-0.1, -0.05) is 12.1 Å². The van der Waals surface area contributed by atoms with Crippen molar-refractivity contribution in [2.75, 3.05) is 0 Å². The van der Waals surface area contributed by atoms with Gasteiger partial charge >= 0.3 is 0 Å². The topological polar surface area (TPSA) is 218 Å². The zero-order chi connectivity index (χ0) is 25.3. The van der Waals surface area contributed by atoms with Crippen LogP contribution in [0.5, 0.6) is 11.5 Å². The van der Waals surface area contributed by atoms with Gasteiger partial charge in [-0.05, 0) is 49.3 Å². The van der Waals surface area contributed by atoms with Crippen LogP contribution in [0.25, 0.3) is 10.8 Å². The molecule has 0 amide bonds. The van der Waals surface area contributed by atoms with Crippen molar-refractivity contribution in [3.8, 4) is 11.5 Å². The third kappa shape index (κ3) is 3.42. The molecule has 3 atom stereocenters. The third-order valence-electron chi connectivity index (χ3n) is 6.80. The summed E-state index contributed by atoms with van der Waals surface area (Å²) in [5.74, 6) is -5.10. The number of rotatable bonds is 2. The number of hydrogen-bond acceptors (Lipinski definition) is 9. The van der Waals surface area contributed by atoms with Crippen LogP contribution in [0, 0.1) is 19.8 Å². The van der Waals surface area contributed by atoms with Gasteiger partial charge in [-0.25, -0.2) is 0 Å². The van der Waals surface area contributed by atoms with E-state index >= 15 is 0 Å². The summed E-state index contributed by atoms with van der Waals surface area (Å²) < 4.78 is 0. The Kier molecular flexibility index (Phi) is 6.32. The second kappa shape index (κ2) is 8.52. The number of Topliss-reactive ketones (excluding diaryl/α,β-unsaturated/α-hetero) is 2. The molecule has 2 aliphatic rings. The fraction of sp³-hybridized carbons (Fsp3) is 0.304. The number of guanidine groups is 1. The Morgan fingerprint density at radius 3 is 2.31 bits per heavy atom. The average molecular weight is 504 g/mol. The lowest BCUT2D eigenvalue weighted by molar-refractivity contribution is -0.122. The molecule has 12 heteroatoms. The van der Waals surface area contributed by atoms with E-state index in [1.807, 2.05) is 0 Å². The number of nitrogens with two attached hydrogens (primary N) is 3. The highest BCUT2D eigenvalue weighted by molar-refractivity contribution is 6.26. The van der Waals surface area contributed by atoms with E-state index in [1.54, 1.807) is 26.0 Å². The number of fused-ring (bicyclic) bond motifs is 3. The summed E-state index contributed by atoms with van der Waals surface area (Å²) in [6, 6.07) is 2.00. The first kappa shape index (κ1) is 25.9. The largest absolute Gasteiger partial charge is 0.508 e. The Morgan fingerprint density at radius 1 is 1.09 bits per heavy atom. The number of phenols is 2. The fourth-order valence-electron chi connectivity index (χ4n) is 4.95. The third-order valence-corrected chi connectivity index (χ3v) is 6.80. The van der Waals surface area contributed by atoms with Gasteiger partial charge in [0, 0.05) is 5.92 Å². The Labute approximate surface area is 206 Å². The molecule has 0 aliphatic heterocycles. The molecule has 0 heterocycles. The SMILES string of the molecule is C/C(=N\N=C(N)N)C1=C(O)[C@@]2(O)C(=O)c3c(c(C)c4ccc(C)c(O)c4c3O)C[C@H]2[C@@H](N)C1=O.Cl. The number of benzene rings is 2. The van der Waals surface area contributed by atoms with Crippen LogP contribution in [0.1, 0.15) is 34.0 Å². The van der Waals surface area contributed by atoms with Crippen molar-refractivity contribution in [3.63, 3.8) is 0 Å². The number of aliphatic hydroxyl groups excluding tert-OH is 1. The van der Waals surface area contributed by atoms with E-state index in [9.17, 15) is 30.0 Å². The van der Waals surface area contributed by atoms with Crippen LogP contribution in [0.15, 0.2) is 33.7 Å². The summed E-state index contributed by atoms with van der Waals surface area (Å²) in [4.78, 5) is 26.8.